The van der Waals surface area contributed by atoms with Gasteiger partial charge in [0.25, 0.3) is 0 Å². The molecular weight excluding hydrogens is 408 g/mol. The number of benzene rings is 2. The van der Waals surface area contributed by atoms with Crippen molar-refractivity contribution in [1.82, 2.24) is 9.97 Å². The quantitative estimate of drug-likeness (QED) is 0.238. The molecule has 4 heteroatoms. The largest absolute Gasteiger partial charge is 0.493 e. The summed E-state index contributed by atoms with van der Waals surface area (Å²) in [4.78, 5) is 9.13. The molecule has 0 aliphatic carbocycles. The Hall–Kier alpha value is -2.88. The minimum Gasteiger partial charge on any atom is -0.493 e. The lowest BCUT2D eigenvalue weighted by atomic mass is 10.1. The molecule has 1 atom stereocenters. The van der Waals surface area contributed by atoms with Crippen LogP contribution in [0.2, 0.25) is 0 Å². The van der Waals surface area contributed by atoms with Crippen LogP contribution in [0.4, 0.5) is 0 Å². The molecule has 0 fully saturated rings. The molecule has 0 aliphatic rings. The van der Waals surface area contributed by atoms with E-state index < -0.39 is 0 Å². The Labute approximate surface area is 199 Å². The van der Waals surface area contributed by atoms with Crippen LogP contribution in [0, 0.1) is 5.92 Å². The molecule has 1 aromatic heterocycles. The zero-order chi connectivity index (χ0) is 23.3. The number of rotatable bonds is 14. The Morgan fingerprint density at radius 3 is 2.03 bits per heavy atom. The molecule has 0 bridgehead atoms. The maximum atomic E-state index is 5.95. The first-order valence-corrected chi connectivity index (χ1v) is 12.4. The van der Waals surface area contributed by atoms with E-state index >= 15 is 0 Å². The molecule has 0 saturated heterocycles. The molecule has 0 aliphatic heterocycles. The molecule has 0 radical (unpaired) electrons. The highest BCUT2D eigenvalue weighted by molar-refractivity contribution is 5.55. The van der Waals surface area contributed by atoms with E-state index in [0.29, 0.717) is 12.5 Å². The third-order valence-electron chi connectivity index (χ3n) is 5.95. The molecule has 3 aromatic rings. The highest BCUT2D eigenvalue weighted by Gasteiger charge is 2.04. The molecule has 176 valence electrons. The zero-order valence-corrected chi connectivity index (χ0v) is 20.4. The van der Waals surface area contributed by atoms with Gasteiger partial charge in [-0.05, 0) is 66.3 Å². The topological polar surface area (TPSA) is 44.2 Å². The van der Waals surface area contributed by atoms with Gasteiger partial charge in [-0.15, -0.1) is 0 Å². The number of nitrogens with zero attached hydrogens (tertiary/aromatic N) is 2. The Morgan fingerprint density at radius 2 is 1.36 bits per heavy atom. The van der Waals surface area contributed by atoms with Crippen molar-refractivity contribution in [2.45, 2.75) is 72.3 Å². The molecule has 33 heavy (non-hydrogen) atoms. The Balaban J connectivity index is 1.45. The maximum Gasteiger partial charge on any atom is 0.159 e. The first-order valence-electron chi connectivity index (χ1n) is 12.4. The van der Waals surface area contributed by atoms with Gasteiger partial charge in [-0.2, -0.15) is 0 Å². The lowest BCUT2D eigenvalue weighted by molar-refractivity contribution is 0.256. The van der Waals surface area contributed by atoms with Crippen molar-refractivity contribution < 1.29 is 9.47 Å². The van der Waals surface area contributed by atoms with Gasteiger partial charge in [0.15, 0.2) is 5.82 Å². The number of unbranched alkanes of at least 4 members (excludes halogenated alkanes) is 4. The van der Waals surface area contributed by atoms with Crippen LogP contribution < -0.4 is 9.47 Å². The summed E-state index contributed by atoms with van der Waals surface area (Å²) in [5.74, 6) is 3.06. The van der Waals surface area contributed by atoms with Crippen molar-refractivity contribution in [2.24, 2.45) is 5.92 Å². The van der Waals surface area contributed by atoms with Crippen LogP contribution in [-0.2, 0) is 13.0 Å². The van der Waals surface area contributed by atoms with E-state index in [-0.39, 0.29) is 0 Å². The Morgan fingerprint density at radius 1 is 0.727 bits per heavy atom. The minimum atomic E-state index is 0.522. The summed E-state index contributed by atoms with van der Waals surface area (Å²) in [5.41, 5.74) is 3.33. The van der Waals surface area contributed by atoms with E-state index in [9.17, 15) is 0 Å². The van der Waals surface area contributed by atoms with Crippen molar-refractivity contribution in [3.05, 3.63) is 72.1 Å². The van der Waals surface area contributed by atoms with Crippen LogP contribution in [0.15, 0.2) is 60.9 Å². The van der Waals surface area contributed by atoms with Gasteiger partial charge in [-0.1, -0.05) is 65.0 Å². The zero-order valence-electron chi connectivity index (χ0n) is 20.4. The van der Waals surface area contributed by atoms with E-state index in [1.165, 1.54) is 37.7 Å². The second kappa shape index (κ2) is 13.6. The van der Waals surface area contributed by atoms with Gasteiger partial charge in [0, 0.05) is 18.0 Å². The lowest BCUT2D eigenvalue weighted by Gasteiger charge is -2.12. The van der Waals surface area contributed by atoms with Crippen LogP contribution >= 0.6 is 0 Å². The number of aromatic nitrogens is 2. The van der Waals surface area contributed by atoms with Crippen molar-refractivity contribution in [1.29, 1.82) is 0 Å². The second-order valence-corrected chi connectivity index (χ2v) is 8.86. The van der Waals surface area contributed by atoms with Crippen LogP contribution in [0.3, 0.4) is 0 Å². The summed E-state index contributed by atoms with van der Waals surface area (Å²) in [5, 5.41) is 0. The van der Waals surface area contributed by atoms with E-state index in [0.717, 1.165) is 47.9 Å². The lowest BCUT2D eigenvalue weighted by Crippen LogP contribution is -2.07. The van der Waals surface area contributed by atoms with Crippen LogP contribution in [0.1, 0.15) is 70.4 Å². The maximum absolute atomic E-state index is 5.95. The molecule has 0 spiro atoms. The number of ether oxygens (including phenoxy) is 2. The van der Waals surface area contributed by atoms with Gasteiger partial charge in [0.2, 0.25) is 0 Å². The van der Waals surface area contributed by atoms with Crippen LogP contribution in [0.25, 0.3) is 11.4 Å². The predicted octanol–water partition coefficient (Wildman–Crippen LogP) is 7.66. The second-order valence-electron chi connectivity index (χ2n) is 8.86. The molecule has 0 saturated carbocycles. The normalized spacial score (nSPS) is 11.8. The molecule has 0 amide bonds. The van der Waals surface area contributed by atoms with Gasteiger partial charge in [0.1, 0.15) is 18.1 Å². The summed E-state index contributed by atoms with van der Waals surface area (Å²) < 4.78 is 11.8. The van der Waals surface area contributed by atoms with Gasteiger partial charge in [-0.25, -0.2) is 9.97 Å². The smallest absolute Gasteiger partial charge is 0.159 e. The van der Waals surface area contributed by atoms with Crippen LogP contribution in [-0.4, -0.2) is 16.6 Å². The standard InChI is InChI=1S/C29H38N2O2/c1-4-6-7-8-9-10-25-19-30-29(31-20-25)26-13-17-28(18-14-26)33-22-24-11-15-27(16-12-24)32-21-23(3)5-2/h11-20,23H,4-10,21-22H2,1-3H3. The van der Waals surface area contributed by atoms with E-state index in [1.54, 1.807) is 0 Å². The minimum absolute atomic E-state index is 0.522. The first-order chi connectivity index (χ1) is 16.2. The van der Waals surface area contributed by atoms with Crippen molar-refractivity contribution in [2.75, 3.05) is 6.61 Å². The van der Waals surface area contributed by atoms with Crippen molar-refractivity contribution >= 4 is 0 Å². The van der Waals surface area contributed by atoms with E-state index in [2.05, 4.69) is 42.9 Å². The molecule has 1 unspecified atom stereocenters. The number of aryl methyl sites for hydroxylation is 1. The predicted molar refractivity (Wildman–Crippen MR) is 136 cm³/mol. The van der Waals surface area contributed by atoms with E-state index in [1.807, 2.05) is 48.8 Å². The van der Waals surface area contributed by atoms with Gasteiger partial charge in [0.05, 0.1) is 6.61 Å². The summed E-state index contributed by atoms with van der Waals surface area (Å²) in [6.07, 6.45) is 12.5. The monoisotopic (exact) mass is 446 g/mol. The molecular formula is C29H38N2O2. The third-order valence-corrected chi connectivity index (χ3v) is 5.95. The van der Waals surface area contributed by atoms with Crippen LogP contribution in [0.5, 0.6) is 11.5 Å². The fraction of sp³-hybridized carbons (Fsp3) is 0.448. The Kier molecular flexibility index (Phi) is 10.2. The summed E-state index contributed by atoms with van der Waals surface area (Å²) in [6.45, 7) is 7.90. The molecule has 2 aromatic carbocycles. The molecule has 4 nitrogen and oxygen atoms in total. The highest BCUT2D eigenvalue weighted by Crippen LogP contribution is 2.21. The third kappa shape index (κ3) is 8.53. The van der Waals surface area contributed by atoms with Gasteiger partial charge >= 0.3 is 0 Å². The molecule has 3 rings (SSSR count). The fourth-order valence-electron chi connectivity index (χ4n) is 3.47. The SMILES string of the molecule is CCCCCCCc1cnc(-c2ccc(OCc3ccc(OCC(C)CC)cc3)cc2)nc1. The fourth-order valence-corrected chi connectivity index (χ4v) is 3.47. The first kappa shape index (κ1) is 24.8. The van der Waals surface area contributed by atoms with Crippen molar-refractivity contribution in [3.8, 4) is 22.9 Å². The van der Waals surface area contributed by atoms with Gasteiger partial charge < -0.3 is 9.47 Å². The van der Waals surface area contributed by atoms with E-state index in [4.69, 9.17) is 9.47 Å². The van der Waals surface area contributed by atoms with Crippen molar-refractivity contribution in [3.63, 3.8) is 0 Å². The average Bonchev–Trinajstić information content (AvgIpc) is 2.87. The Bertz CT molecular complexity index is 921. The molecule has 1 heterocycles. The number of hydrogen-bond acceptors (Lipinski definition) is 4. The van der Waals surface area contributed by atoms with Gasteiger partial charge in [-0.3, -0.25) is 0 Å². The number of hydrogen-bond donors (Lipinski definition) is 0. The summed E-state index contributed by atoms with van der Waals surface area (Å²) >= 11 is 0. The highest BCUT2D eigenvalue weighted by atomic mass is 16.5. The summed E-state index contributed by atoms with van der Waals surface area (Å²) in [7, 11) is 0. The summed E-state index contributed by atoms with van der Waals surface area (Å²) in [6, 6.07) is 16.1. The molecule has 0 N–H and O–H groups in total. The average molecular weight is 447 g/mol.